The van der Waals surface area contributed by atoms with Gasteiger partial charge in [0.2, 0.25) is 15.9 Å². The Labute approximate surface area is 201 Å². The summed E-state index contributed by atoms with van der Waals surface area (Å²) in [6.07, 6.45) is 1.52. The number of fused-ring (bicyclic) bond motifs is 1. The lowest BCUT2D eigenvalue weighted by atomic mass is 10.2. The van der Waals surface area contributed by atoms with Crippen LogP contribution in [0.5, 0.6) is 0 Å². The van der Waals surface area contributed by atoms with Crippen LogP contribution in [0.2, 0.25) is 0 Å². The maximum Gasteiger partial charge on any atom is 0.247 e. The van der Waals surface area contributed by atoms with Gasteiger partial charge in [0.05, 0.1) is 9.60 Å². The van der Waals surface area contributed by atoms with Gasteiger partial charge in [0, 0.05) is 13.1 Å². The second kappa shape index (κ2) is 10.0. The molecule has 1 aliphatic heterocycles. The van der Waals surface area contributed by atoms with Crippen molar-refractivity contribution in [3.63, 3.8) is 0 Å². The molecule has 3 aromatic rings. The Hall–Kier alpha value is -2.47. The van der Waals surface area contributed by atoms with Gasteiger partial charge in [-0.2, -0.15) is 4.31 Å². The fraction of sp³-hybridized carbons (Fsp3) is 0.391. The van der Waals surface area contributed by atoms with Crippen molar-refractivity contribution in [2.45, 2.75) is 30.2 Å². The first-order chi connectivity index (χ1) is 16.2. The Morgan fingerprint density at radius 3 is 2.56 bits per heavy atom. The van der Waals surface area contributed by atoms with Gasteiger partial charge >= 0.3 is 0 Å². The summed E-state index contributed by atoms with van der Waals surface area (Å²) in [6, 6.07) is 8.32. The second-order valence-corrected chi connectivity index (χ2v) is 11.4. The van der Waals surface area contributed by atoms with Crippen molar-refractivity contribution < 1.29 is 22.0 Å². The van der Waals surface area contributed by atoms with E-state index in [1.165, 1.54) is 38.7 Å². The largest absolute Gasteiger partial charge is 0.309 e. The van der Waals surface area contributed by atoms with Crippen LogP contribution < -0.4 is 4.90 Å². The van der Waals surface area contributed by atoms with Crippen LogP contribution in [0.3, 0.4) is 0 Å². The van der Waals surface area contributed by atoms with E-state index in [4.69, 9.17) is 0 Å². The average molecular weight is 509 g/mol. The molecule has 0 spiro atoms. The first kappa shape index (κ1) is 24.6. The number of para-hydroxylation sites is 1. The highest BCUT2D eigenvalue weighted by Crippen LogP contribution is 2.33. The number of anilines is 1. The highest BCUT2D eigenvalue weighted by atomic mass is 32.2. The van der Waals surface area contributed by atoms with E-state index in [9.17, 15) is 22.0 Å². The van der Waals surface area contributed by atoms with Crippen molar-refractivity contribution in [3.8, 4) is 0 Å². The molecule has 1 aromatic heterocycles. The molecule has 0 aliphatic carbocycles. The number of hydrogen-bond donors (Lipinski definition) is 0. The molecule has 1 fully saturated rings. The number of carbonyl (C=O) groups is 1. The van der Waals surface area contributed by atoms with Gasteiger partial charge < -0.3 is 4.90 Å². The fourth-order valence-electron chi connectivity index (χ4n) is 4.06. The molecule has 0 saturated carbocycles. The number of benzene rings is 2. The van der Waals surface area contributed by atoms with E-state index in [1.54, 1.807) is 12.1 Å². The summed E-state index contributed by atoms with van der Waals surface area (Å²) in [7, 11) is -0.149. The lowest BCUT2D eigenvalue weighted by Gasteiger charge is -2.29. The van der Waals surface area contributed by atoms with Crippen molar-refractivity contribution in [2.24, 2.45) is 0 Å². The summed E-state index contributed by atoms with van der Waals surface area (Å²) in [5.41, 5.74) is 0.190. The minimum absolute atomic E-state index is 0.0604. The minimum Gasteiger partial charge on any atom is -0.309 e. The van der Waals surface area contributed by atoms with E-state index in [0.29, 0.717) is 42.2 Å². The quantitative estimate of drug-likeness (QED) is 0.464. The van der Waals surface area contributed by atoms with Crippen molar-refractivity contribution >= 4 is 42.6 Å². The molecule has 1 atom stereocenters. The second-order valence-electron chi connectivity index (χ2n) is 8.46. The molecule has 182 valence electrons. The molecule has 1 amide bonds. The van der Waals surface area contributed by atoms with E-state index >= 15 is 0 Å². The number of halogens is 2. The molecule has 11 heteroatoms. The van der Waals surface area contributed by atoms with Crippen molar-refractivity contribution in [2.75, 3.05) is 38.6 Å². The first-order valence-corrected chi connectivity index (χ1v) is 13.2. The Morgan fingerprint density at radius 2 is 1.88 bits per heavy atom. The van der Waals surface area contributed by atoms with Crippen LogP contribution in [0.25, 0.3) is 10.2 Å². The number of nitrogens with zero attached hydrogens (tertiary/aromatic N) is 4. The number of aromatic nitrogens is 1. The van der Waals surface area contributed by atoms with Gasteiger partial charge in [-0.3, -0.25) is 9.69 Å². The Bertz CT molecular complexity index is 1280. The Morgan fingerprint density at radius 1 is 1.15 bits per heavy atom. The van der Waals surface area contributed by atoms with Crippen molar-refractivity contribution in [3.05, 3.63) is 54.1 Å². The van der Waals surface area contributed by atoms with Crippen LogP contribution in [0.15, 0.2) is 47.4 Å². The lowest BCUT2D eigenvalue weighted by molar-refractivity contribution is -0.121. The summed E-state index contributed by atoms with van der Waals surface area (Å²) >= 11 is 1.20. The van der Waals surface area contributed by atoms with Crippen LogP contribution in [0, 0.1) is 11.6 Å². The predicted molar refractivity (Wildman–Crippen MR) is 128 cm³/mol. The molecular weight excluding hydrogens is 482 g/mol. The van der Waals surface area contributed by atoms with Gasteiger partial charge in [-0.25, -0.2) is 22.2 Å². The third-order valence-corrected chi connectivity index (χ3v) is 8.72. The molecule has 2 aromatic carbocycles. The smallest absolute Gasteiger partial charge is 0.247 e. The molecule has 0 N–H and O–H groups in total. The predicted octanol–water partition coefficient (Wildman–Crippen LogP) is 3.71. The number of amides is 1. The number of carbonyl (C=O) groups excluding carboxylic acids is 1. The van der Waals surface area contributed by atoms with E-state index in [2.05, 4.69) is 4.98 Å². The summed E-state index contributed by atoms with van der Waals surface area (Å²) in [5, 5.41) is 0.342. The SMILES string of the molecule is CN(C)CCCN(C(=O)C1CCCN1S(=O)(=O)c1ccc(F)cc1)c1nc2c(F)cccc2s1. The summed E-state index contributed by atoms with van der Waals surface area (Å²) in [4.78, 5) is 21.5. The molecule has 2 heterocycles. The van der Waals surface area contributed by atoms with Crippen molar-refractivity contribution in [1.82, 2.24) is 14.2 Å². The number of thiazole rings is 1. The zero-order valence-electron chi connectivity index (χ0n) is 18.9. The maximum absolute atomic E-state index is 14.3. The van der Waals surface area contributed by atoms with Crippen LogP contribution in [-0.4, -0.2) is 68.3 Å². The fourth-order valence-corrected chi connectivity index (χ4v) is 6.72. The van der Waals surface area contributed by atoms with Crippen LogP contribution in [-0.2, 0) is 14.8 Å². The highest BCUT2D eigenvalue weighted by Gasteiger charge is 2.42. The van der Waals surface area contributed by atoms with Gasteiger partial charge in [0.1, 0.15) is 23.2 Å². The summed E-state index contributed by atoms with van der Waals surface area (Å²) in [6.45, 7) is 1.22. The topological polar surface area (TPSA) is 73.8 Å². The Kier molecular flexibility index (Phi) is 7.27. The van der Waals surface area contributed by atoms with E-state index in [0.717, 1.165) is 12.1 Å². The molecule has 34 heavy (non-hydrogen) atoms. The third kappa shape index (κ3) is 4.97. The third-order valence-electron chi connectivity index (χ3n) is 5.75. The van der Waals surface area contributed by atoms with Gasteiger partial charge in [0.15, 0.2) is 5.13 Å². The van der Waals surface area contributed by atoms with Gasteiger partial charge in [-0.05, 0) is 76.3 Å². The summed E-state index contributed by atoms with van der Waals surface area (Å²) < 4.78 is 56.0. The molecule has 0 radical (unpaired) electrons. The van der Waals surface area contributed by atoms with Crippen LogP contribution in [0.4, 0.5) is 13.9 Å². The lowest BCUT2D eigenvalue weighted by Crippen LogP contribution is -2.48. The molecular formula is C23H26F2N4O3S2. The number of sulfonamides is 1. The number of rotatable bonds is 8. The Balaban J connectivity index is 1.66. The standard InChI is InChI=1S/C23H26F2N4O3S2/c1-27(2)13-5-14-28(23-26-21-18(25)6-3-8-20(21)33-23)22(30)19-7-4-15-29(19)34(31,32)17-11-9-16(24)10-12-17/h3,6,8-12,19H,4-5,7,13-15H2,1-2H3. The van der Waals surface area contributed by atoms with Crippen molar-refractivity contribution in [1.29, 1.82) is 0 Å². The minimum atomic E-state index is -4.00. The molecule has 1 saturated heterocycles. The van der Waals surface area contributed by atoms with Gasteiger partial charge in [-0.1, -0.05) is 17.4 Å². The molecule has 0 bridgehead atoms. The van der Waals surface area contributed by atoms with E-state index in [-0.39, 0.29) is 22.9 Å². The monoisotopic (exact) mass is 508 g/mol. The average Bonchev–Trinajstić information content (AvgIpc) is 3.45. The van der Waals surface area contributed by atoms with Gasteiger partial charge in [-0.15, -0.1) is 0 Å². The summed E-state index contributed by atoms with van der Waals surface area (Å²) in [5.74, 6) is -1.40. The van der Waals surface area contributed by atoms with Crippen LogP contribution >= 0.6 is 11.3 Å². The van der Waals surface area contributed by atoms with E-state index in [1.807, 2.05) is 19.0 Å². The van der Waals surface area contributed by atoms with Gasteiger partial charge in [0.25, 0.3) is 0 Å². The highest BCUT2D eigenvalue weighted by molar-refractivity contribution is 7.89. The zero-order chi connectivity index (χ0) is 24.5. The zero-order valence-corrected chi connectivity index (χ0v) is 20.6. The molecule has 1 unspecified atom stereocenters. The molecule has 4 rings (SSSR count). The number of hydrogen-bond acceptors (Lipinski definition) is 6. The maximum atomic E-state index is 14.3. The van der Waals surface area contributed by atoms with Crippen LogP contribution in [0.1, 0.15) is 19.3 Å². The molecule has 7 nitrogen and oxygen atoms in total. The molecule has 1 aliphatic rings. The first-order valence-electron chi connectivity index (χ1n) is 11.0. The normalized spacial score (nSPS) is 17.0. The van der Waals surface area contributed by atoms with E-state index < -0.39 is 27.7 Å².